The number of alkyl halides is 3. The van der Waals surface area contributed by atoms with Gasteiger partial charge in [-0.2, -0.15) is 13.2 Å². The molecule has 1 heterocycles. The molecule has 152 valence electrons. The number of nitrogens with zero attached hydrogens (tertiary/aromatic N) is 1. The van der Waals surface area contributed by atoms with Gasteiger partial charge in [-0.1, -0.05) is 0 Å². The fourth-order valence-electron chi connectivity index (χ4n) is 2.66. The average Bonchev–Trinajstić information content (AvgIpc) is 2.56. The third-order valence-electron chi connectivity index (χ3n) is 4.12. The Kier molecular flexibility index (Phi) is 6.05. The molecule has 1 aromatic rings. The Morgan fingerprint density at radius 2 is 1.48 bits per heavy atom. The maximum absolute atomic E-state index is 13.9. The minimum atomic E-state index is -5.64. The lowest BCUT2D eigenvalue weighted by Crippen LogP contribution is -2.46. The van der Waals surface area contributed by atoms with Crippen molar-refractivity contribution in [1.82, 2.24) is 4.90 Å². The van der Waals surface area contributed by atoms with Crippen LogP contribution in [0.1, 0.15) is 19.4 Å². The van der Waals surface area contributed by atoms with Gasteiger partial charge in [0.2, 0.25) is 5.91 Å². The summed E-state index contributed by atoms with van der Waals surface area (Å²) in [6.07, 6.45) is -5.64. The summed E-state index contributed by atoms with van der Waals surface area (Å²) in [5.41, 5.74) is -5.55. The van der Waals surface area contributed by atoms with Crippen LogP contribution in [0.15, 0.2) is 0 Å². The van der Waals surface area contributed by atoms with Gasteiger partial charge in [0, 0.05) is 19.6 Å². The Balaban J connectivity index is 2.29. The van der Waals surface area contributed by atoms with Crippen molar-refractivity contribution in [1.29, 1.82) is 0 Å². The van der Waals surface area contributed by atoms with E-state index in [0.29, 0.717) is 26.3 Å². The van der Waals surface area contributed by atoms with Gasteiger partial charge in [0.15, 0.2) is 23.3 Å². The van der Waals surface area contributed by atoms with Gasteiger partial charge in [-0.15, -0.1) is 0 Å². The zero-order chi connectivity index (χ0) is 20.6. The molecular formula is C16H17F7N2O2. The summed E-state index contributed by atoms with van der Waals surface area (Å²) in [7, 11) is 0. The highest BCUT2D eigenvalue weighted by atomic mass is 19.4. The average molecular weight is 402 g/mol. The van der Waals surface area contributed by atoms with E-state index in [4.69, 9.17) is 4.74 Å². The first-order chi connectivity index (χ1) is 12.4. The monoisotopic (exact) mass is 402 g/mol. The Hall–Kier alpha value is -1.88. The molecule has 1 amide bonds. The highest BCUT2D eigenvalue weighted by Gasteiger charge is 2.43. The van der Waals surface area contributed by atoms with Crippen molar-refractivity contribution in [3.8, 4) is 0 Å². The van der Waals surface area contributed by atoms with Crippen LogP contribution in [0, 0.1) is 28.7 Å². The lowest BCUT2D eigenvalue weighted by Gasteiger charge is -2.34. The summed E-state index contributed by atoms with van der Waals surface area (Å²) in [5.74, 6) is -10.9. The first kappa shape index (κ1) is 21.4. The molecule has 1 aliphatic rings. The predicted molar refractivity (Wildman–Crippen MR) is 80.9 cm³/mol. The number of hydrogen-bond acceptors (Lipinski definition) is 3. The number of hydrogen-bond donors (Lipinski definition) is 1. The second-order valence-corrected chi connectivity index (χ2v) is 6.73. The number of benzene rings is 1. The molecule has 0 saturated carbocycles. The van der Waals surface area contributed by atoms with Crippen molar-refractivity contribution in [2.45, 2.75) is 20.0 Å². The van der Waals surface area contributed by atoms with E-state index in [1.807, 2.05) is 4.90 Å². The fourth-order valence-corrected chi connectivity index (χ4v) is 2.66. The molecular weight excluding hydrogens is 385 g/mol. The highest BCUT2D eigenvalue weighted by Crippen LogP contribution is 2.38. The highest BCUT2D eigenvalue weighted by molar-refractivity contribution is 5.95. The van der Waals surface area contributed by atoms with Crippen LogP contribution >= 0.6 is 0 Å². The molecule has 2 rings (SSSR count). The molecule has 1 aromatic carbocycles. The van der Waals surface area contributed by atoms with Crippen LogP contribution in [-0.2, 0) is 15.7 Å². The van der Waals surface area contributed by atoms with Gasteiger partial charge in [-0.05, 0) is 13.8 Å². The van der Waals surface area contributed by atoms with Crippen LogP contribution in [0.4, 0.5) is 36.4 Å². The number of morpholine rings is 1. The number of ether oxygens (including phenoxy) is 1. The number of carbonyl (C=O) groups excluding carboxylic acids is 1. The number of rotatable bonds is 4. The SMILES string of the molecule is CC(C)(CN1CCOCC1)C(=O)Nc1c(F)c(F)c(C(F)(F)F)c(F)c1F. The third-order valence-corrected chi connectivity index (χ3v) is 4.12. The summed E-state index contributed by atoms with van der Waals surface area (Å²) in [4.78, 5) is 14.2. The molecule has 0 aromatic heterocycles. The first-order valence-corrected chi connectivity index (χ1v) is 7.91. The second kappa shape index (κ2) is 7.63. The van der Waals surface area contributed by atoms with Gasteiger partial charge in [0.25, 0.3) is 0 Å². The molecule has 1 fully saturated rings. The van der Waals surface area contributed by atoms with E-state index < -0.39 is 52.0 Å². The Bertz CT molecular complexity index is 699. The number of nitrogens with one attached hydrogen (secondary N) is 1. The summed E-state index contributed by atoms with van der Waals surface area (Å²) >= 11 is 0. The fraction of sp³-hybridized carbons (Fsp3) is 0.562. The molecule has 1 N–H and O–H groups in total. The van der Waals surface area contributed by atoms with Crippen molar-refractivity contribution < 1.29 is 40.3 Å². The molecule has 0 bridgehead atoms. The molecule has 11 heteroatoms. The second-order valence-electron chi connectivity index (χ2n) is 6.73. The van der Waals surface area contributed by atoms with Crippen LogP contribution in [0.3, 0.4) is 0 Å². The van der Waals surface area contributed by atoms with E-state index in [2.05, 4.69) is 0 Å². The Morgan fingerprint density at radius 3 is 1.93 bits per heavy atom. The summed E-state index contributed by atoms with van der Waals surface area (Å²) in [5, 5.41) is 1.67. The Labute approximate surface area is 150 Å². The lowest BCUT2D eigenvalue weighted by atomic mass is 9.91. The minimum Gasteiger partial charge on any atom is -0.379 e. The molecule has 0 atom stereocenters. The van der Waals surface area contributed by atoms with E-state index in [1.165, 1.54) is 13.8 Å². The minimum absolute atomic E-state index is 0.136. The number of halogens is 7. The van der Waals surface area contributed by atoms with Gasteiger partial charge in [-0.25, -0.2) is 17.6 Å². The molecule has 4 nitrogen and oxygen atoms in total. The van der Waals surface area contributed by atoms with Crippen LogP contribution in [-0.4, -0.2) is 43.7 Å². The summed E-state index contributed by atoms with van der Waals surface area (Å²) in [6, 6.07) is 0. The summed E-state index contributed by atoms with van der Waals surface area (Å²) < 4.78 is 98.1. The smallest absolute Gasteiger partial charge is 0.379 e. The van der Waals surface area contributed by atoms with Crippen molar-refractivity contribution in [2.75, 3.05) is 38.2 Å². The van der Waals surface area contributed by atoms with Crippen molar-refractivity contribution in [2.24, 2.45) is 5.41 Å². The molecule has 27 heavy (non-hydrogen) atoms. The molecule has 0 unspecified atom stereocenters. The third kappa shape index (κ3) is 4.52. The van der Waals surface area contributed by atoms with Crippen molar-refractivity contribution >= 4 is 11.6 Å². The van der Waals surface area contributed by atoms with E-state index in [-0.39, 0.29) is 6.54 Å². The van der Waals surface area contributed by atoms with Gasteiger partial charge in [0.1, 0.15) is 11.3 Å². The van der Waals surface area contributed by atoms with Crippen molar-refractivity contribution in [3.63, 3.8) is 0 Å². The molecule has 0 spiro atoms. The van der Waals surface area contributed by atoms with Gasteiger partial charge >= 0.3 is 6.18 Å². The van der Waals surface area contributed by atoms with E-state index in [9.17, 15) is 35.5 Å². The molecule has 0 radical (unpaired) electrons. The van der Waals surface area contributed by atoms with E-state index in [1.54, 1.807) is 5.32 Å². The quantitative estimate of drug-likeness (QED) is 0.619. The van der Waals surface area contributed by atoms with Crippen LogP contribution in [0.2, 0.25) is 0 Å². The summed E-state index contributed by atoms with van der Waals surface area (Å²) in [6.45, 7) is 4.84. The van der Waals surface area contributed by atoms with Gasteiger partial charge < -0.3 is 10.1 Å². The largest absolute Gasteiger partial charge is 0.422 e. The zero-order valence-corrected chi connectivity index (χ0v) is 14.4. The van der Waals surface area contributed by atoms with Crippen LogP contribution in [0.25, 0.3) is 0 Å². The number of anilines is 1. The molecule has 1 aliphatic heterocycles. The van der Waals surface area contributed by atoms with Gasteiger partial charge in [0.05, 0.1) is 18.6 Å². The lowest BCUT2D eigenvalue weighted by molar-refractivity contribution is -0.143. The normalized spacial score (nSPS) is 16.5. The number of amides is 1. The topological polar surface area (TPSA) is 41.6 Å². The predicted octanol–water partition coefficient (Wildman–Crippen LogP) is 3.56. The molecule has 1 saturated heterocycles. The van der Waals surface area contributed by atoms with Crippen molar-refractivity contribution in [3.05, 3.63) is 28.8 Å². The van der Waals surface area contributed by atoms with Gasteiger partial charge in [-0.3, -0.25) is 9.69 Å². The maximum Gasteiger partial charge on any atom is 0.422 e. The zero-order valence-electron chi connectivity index (χ0n) is 14.4. The number of carbonyl (C=O) groups is 1. The maximum atomic E-state index is 13.9. The van der Waals surface area contributed by atoms with E-state index >= 15 is 0 Å². The standard InChI is InChI=1S/C16H17F7N2O2/c1-15(2,7-25-3-5-27-6-4-25)14(26)24-13-11(19)9(17)8(16(21,22)23)10(18)12(13)20/h3-7H2,1-2H3,(H,24,26). The van der Waals surface area contributed by atoms with Crippen LogP contribution in [0.5, 0.6) is 0 Å². The van der Waals surface area contributed by atoms with E-state index in [0.717, 1.165) is 0 Å². The Morgan fingerprint density at radius 1 is 1.00 bits per heavy atom. The molecule has 0 aliphatic carbocycles. The first-order valence-electron chi connectivity index (χ1n) is 7.91. The van der Waals surface area contributed by atoms with Crippen LogP contribution < -0.4 is 5.32 Å².